The summed E-state index contributed by atoms with van der Waals surface area (Å²) in [6.07, 6.45) is -2.69. The number of fused-ring (bicyclic) bond motifs is 1. The molecule has 0 spiro atoms. The van der Waals surface area contributed by atoms with Crippen LogP contribution >= 0.6 is 0 Å². The second-order valence-corrected chi connectivity index (χ2v) is 4.21. The van der Waals surface area contributed by atoms with Gasteiger partial charge in [0.2, 0.25) is 0 Å². The lowest BCUT2D eigenvalue weighted by Gasteiger charge is -2.39. The van der Waals surface area contributed by atoms with Gasteiger partial charge < -0.3 is 25.3 Å². The maximum absolute atomic E-state index is 11.5. The second kappa shape index (κ2) is 3.71. The van der Waals surface area contributed by atoms with Gasteiger partial charge in [0, 0.05) is 0 Å². The first-order chi connectivity index (χ1) is 7.06. The fourth-order valence-electron chi connectivity index (χ4n) is 2.51. The minimum absolute atomic E-state index is 0.250. The van der Waals surface area contributed by atoms with Crippen molar-refractivity contribution in [3.05, 3.63) is 0 Å². The van der Waals surface area contributed by atoms with E-state index in [2.05, 4.69) is 0 Å². The molecule has 0 saturated carbocycles. The Kier molecular flexibility index (Phi) is 2.68. The van der Waals surface area contributed by atoms with Crippen molar-refractivity contribution in [2.24, 2.45) is 0 Å². The van der Waals surface area contributed by atoms with Crippen molar-refractivity contribution >= 4 is 5.91 Å². The zero-order valence-electron chi connectivity index (χ0n) is 8.15. The van der Waals surface area contributed by atoms with Gasteiger partial charge in [-0.05, 0) is 12.8 Å². The van der Waals surface area contributed by atoms with E-state index >= 15 is 0 Å². The lowest BCUT2D eigenvalue weighted by molar-refractivity contribution is -0.141. The van der Waals surface area contributed by atoms with E-state index in [-0.39, 0.29) is 19.4 Å². The van der Waals surface area contributed by atoms with Crippen LogP contribution in [-0.4, -0.2) is 68.2 Å². The monoisotopic (exact) mass is 217 g/mol. The zero-order valence-corrected chi connectivity index (χ0v) is 8.15. The number of aliphatic hydroxyl groups is 4. The van der Waals surface area contributed by atoms with Gasteiger partial charge >= 0.3 is 0 Å². The predicted octanol–water partition coefficient (Wildman–Crippen LogP) is -2.57. The number of nitrogens with zero attached hydrogens (tertiary/aromatic N) is 1. The molecule has 0 aromatic heterocycles. The fourth-order valence-corrected chi connectivity index (χ4v) is 2.51. The van der Waals surface area contributed by atoms with E-state index in [1.807, 2.05) is 0 Å². The minimum atomic E-state index is -1.42. The first-order valence-corrected chi connectivity index (χ1v) is 5.03. The van der Waals surface area contributed by atoms with Crippen molar-refractivity contribution in [3.8, 4) is 0 Å². The molecular weight excluding hydrogens is 202 g/mol. The van der Waals surface area contributed by atoms with Gasteiger partial charge in [0.05, 0.1) is 24.8 Å². The Balaban J connectivity index is 2.25. The van der Waals surface area contributed by atoms with Crippen LogP contribution in [0.3, 0.4) is 0 Å². The van der Waals surface area contributed by atoms with Gasteiger partial charge in [0.15, 0.2) is 6.10 Å². The van der Waals surface area contributed by atoms with E-state index in [0.29, 0.717) is 0 Å². The van der Waals surface area contributed by atoms with E-state index in [1.54, 1.807) is 0 Å². The number of amides is 1. The third-order valence-corrected chi connectivity index (χ3v) is 3.24. The Hall–Kier alpha value is -0.690. The summed E-state index contributed by atoms with van der Waals surface area (Å²) in [4.78, 5) is 12.9. The smallest absolute Gasteiger partial charge is 0.254 e. The Morgan fingerprint density at radius 3 is 2.53 bits per heavy atom. The highest BCUT2D eigenvalue weighted by atomic mass is 16.3. The van der Waals surface area contributed by atoms with Gasteiger partial charge in [-0.25, -0.2) is 0 Å². The van der Waals surface area contributed by atoms with Crippen LogP contribution in [0.1, 0.15) is 12.8 Å². The minimum Gasteiger partial charge on any atom is -0.394 e. The van der Waals surface area contributed by atoms with Gasteiger partial charge in [-0.3, -0.25) is 4.79 Å². The lowest BCUT2D eigenvalue weighted by Crippen LogP contribution is -2.53. The van der Waals surface area contributed by atoms with Crippen molar-refractivity contribution in [1.29, 1.82) is 0 Å². The summed E-state index contributed by atoms with van der Waals surface area (Å²) >= 11 is 0. The molecule has 6 nitrogen and oxygen atoms in total. The molecule has 6 heteroatoms. The Bertz CT molecular complexity index is 271. The Morgan fingerprint density at radius 1 is 1.27 bits per heavy atom. The van der Waals surface area contributed by atoms with E-state index in [4.69, 9.17) is 5.11 Å². The number of hydrogen-bond donors (Lipinski definition) is 4. The van der Waals surface area contributed by atoms with Crippen molar-refractivity contribution < 1.29 is 25.2 Å². The van der Waals surface area contributed by atoms with Crippen molar-refractivity contribution in [2.45, 2.75) is 43.2 Å². The number of carbonyl (C=O) groups excluding carboxylic acids is 1. The van der Waals surface area contributed by atoms with E-state index < -0.39 is 36.3 Å². The normalized spacial score (nSPS) is 45.7. The Labute approximate surface area is 86.7 Å². The molecule has 0 unspecified atom stereocenters. The first kappa shape index (κ1) is 10.8. The molecule has 0 bridgehead atoms. The van der Waals surface area contributed by atoms with Crippen LogP contribution in [0.4, 0.5) is 0 Å². The first-order valence-electron chi connectivity index (χ1n) is 5.03. The number of rotatable bonds is 1. The van der Waals surface area contributed by atoms with Crippen LogP contribution in [-0.2, 0) is 4.79 Å². The molecule has 2 aliphatic rings. The Morgan fingerprint density at radius 2 is 1.93 bits per heavy atom. The maximum Gasteiger partial charge on any atom is 0.254 e. The molecule has 4 N–H and O–H groups in total. The maximum atomic E-state index is 11.5. The molecule has 2 aliphatic heterocycles. The van der Waals surface area contributed by atoms with Crippen molar-refractivity contribution in [3.63, 3.8) is 0 Å². The average Bonchev–Trinajstić information content (AvgIpc) is 2.43. The quantitative estimate of drug-likeness (QED) is 0.387. The highest BCUT2D eigenvalue weighted by Gasteiger charge is 2.52. The number of carbonyl (C=O) groups is 1. The van der Waals surface area contributed by atoms with E-state index in [0.717, 1.165) is 0 Å². The fraction of sp³-hybridized carbons (Fsp3) is 0.889. The number of aliphatic hydroxyl groups excluding tert-OH is 4. The van der Waals surface area contributed by atoms with E-state index in [1.165, 1.54) is 4.90 Å². The van der Waals surface area contributed by atoms with Crippen LogP contribution in [0.5, 0.6) is 0 Å². The largest absolute Gasteiger partial charge is 0.394 e. The standard InChI is InChI=1S/C9H15NO5/c11-3-4-1-5(12)2-6-7(13)8(14)9(15)10(4)6/h4-8,11-14H,1-3H2/t4-,5-,6+,7+,8+/m0/s1. The van der Waals surface area contributed by atoms with Gasteiger partial charge in [0.1, 0.15) is 6.10 Å². The van der Waals surface area contributed by atoms with Crippen molar-refractivity contribution in [1.82, 2.24) is 4.90 Å². The summed E-state index contributed by atoms with van der Waals surface area (Å²) in [5.74, 6) is -0.557. The molecule has 2 heterocycles. The summed E-state index contributed by atoms with van der Waals surface area (Å²) in [5, 5.41) is 37.6. The summed E-state index contributed by atoms with van der Waals surface area (Å²) in [7, 11) is 0. The molecule has 86 valence electrons. The van der Waals surface area contributed by atoms with Gasteiger partial charge in [-0.2, -0.15) is 0 Å². The van der Waals surface area contributed by atoms with Gasteiger partial charge in [-0.15, -0.1) is 0 Å². The third-order valence-electron chi connectivity index (χ3n) is 3.24. The van der Waals surface area contributed by atoms with Gasteiger partial charge in [-0.1, -0.05) is 0 Å². The molecule has 2 fully saturated rings. The van der Waals surface area contributed by atoms with E-state index in [9.17, 15) is 20.1 Å². The lowest BCUT2D eigenvalue weighted by atomic mass is 9.93. The third kappa shape index (κ3) is 1.53. The van der Waals surface area contributed by atoms with Crippen LogP contribution in [0.25, 0.3) is 0 Å². The highest BCUT2D eigenvalue weighted by molar-refractivity contribution is 5.85. The van der Waals surface area contributed by atoms with Crippen LogP contribution in [0.2, 0.25) is 0 Å². The summed E-state index contributed by atoms with van der Waals surface area (Å²) < 4.78 is 0. The predicted molar refractivity (Wildman–Crippen MR) is 48.8 cm³/mol. The van der Waals surface area contributed by atoms with Gasteiger partial charge in [0.25, 0.3) is 5.91 Å². The number of piperidine rings is 1. The molecule has 5 atom stereocenters. The SMILES string of the molecule is O=C1[C@H](O)[C@H](O)[C@H]2C[C@@H](O)C[C@@H](CO)N12. The average molecular weight is 217 g/mol. The molecule has 1 amide bonds. The topological polar surface area (TPSA) is 101 Å². The molecule has 0 radical (unpaired) electrons. The van der Waals surface area contributed by atoms with Crippen LogP contribution in [0.15, 0.2) is 0 Å². The summed E-state index contributed by atoms with van der Waals surface area (Å²) in [6, 6.07) is -1.08. The molecule has 2 saturated heterocycles. The molecule has 0 aromatic rings. The summed E-state index contributed by atoms with van der Waals surface area (Å²) in [6.45, 7) is -0.265. The highest BCUT2D eigenvalue weighted by Crippen LogP contribution is 2.32. The summed E-state index contributed by atoms with van der Waals surface area (Å²) in [5.41, 5.74) is 0. The molecule has 15 heavy (non-hydrogen) atoms. The second-order valence-electron chi connectivity index (χ2n) is 4.21. The molecule has 0 aliphatic carbocycles. The number of hydrogen-bond acceptors (Lipinski definition) is 5. The van der Waals surface area contributed by atoms with Crippen LogP contribution in [0, 0.1) is 0 Å². The molecule has 2 rings (SSSR count). The molecule has 0 aromatic carbocycles. The zero-order chi connectivity index (χ0) is 11.2. The molecular formula is C9H15NO5. The van der Waals surface area contributed by atoms with Crippen LogP contribution < -0.4 is 0 Å². The van der Waals surface area contributed by atoms with Crippen molar-refractivity contribution in [2.75, 3.05) is 6.61 Å².